The molecule has 2 heterocycles. The first-order valence-corrected chi connectivity index (χ1v) is 18.9. The number of imide groups is 1. The number of carbonyl (C=O) groups excluding carboxylic acids is 5. The fourth-order valence-corrected chi connectivity index (χ4v) is 7.85. The zero-order chi connectivity index (χ0) is 35.3. The van der Waals surface area contributed by atoms with Crippen molar-refractivity contribution in [3.05, 3.63) is 36.1 Å². The Hall–Kier alpha value is -3.77. The van der Waals surface area contributed by atoms with Crippen LogP contribution in [-0.4, -0.2) is 90.7 Å². The van der Waals surface area contributed by atoms with Crippen LogP contribution in [0.5, 0.6) is 0 Å². The summed E-state index contributed by atoms with van der Waals surface area (Å²) in [5.41, 5.74) is 6.63. The second-order valence-corrected chi connectivity index (χ2v) is 14.5. The Kier molecular flexibility index (Phi) is 14.2. The first-order chi connectivity index (χ1) is 24.3. The molecule has 0 unspecified atom stereocenters. The maximum absolute atomic E-state index is 14.2. The van der Waals surface area contributed by atoms with E-state index in [2.05, 4.69) is 20.9 Å². The van der Waals surface area contributed by atoms with Gasteiger partial charge in [-0.25, -0.2) is 0 Å². The highest BCUT2D eigenvalue weighted by molar-refractivity contribution is 6.08. The quantitative estimate of drug-likeness (QED) is 0.218. The zero-order valence-electron chi connectivity index (χ0n) is 29.5. The summed E-state index contributed by atoms with van der Waals surface area (Å²) in [6.45, 7) is 2.19. The Morgan fingerprint density at radius 2 is 1.42 bits per heavy atom. The van der Waals surface area contributed by atoms with E-state index < -0.39 is 48.2 Å². The molecular formula is C38H56N6O6. The average molecular weight is 693 g/mol. The topological polar surface area (TPSA) is 167 Å². The van der Waals surface area contributed by atoms with E-state index in [0.29, 0.717) is 42.8 Å². The molecule has 274 valence electrons. The highest BCUT2D eigenvalue weighted by atomic mass is 16.3. The highest BCUT2D eigenvalue weighted by Gasteiger charge is 2.38. The van der Waals surface area contributed by atoms with Gasteiger partial charge in [0.15, 0.2) is 5.76 Å². The molecule has 2 atom stereocenters. The second-order valence-electron chi connectivity index (χ2n) is 14.5. The molecule has 3 fully saturated rings. The van der Waals surface area contributed by atoms with E-state index >= 15 is 0 Å². The second kappa shape index (κ2) is 19.0. The van der Waals surface area contributed by atoms with Crippen LogP contribution in [0.4, 0.5) is 0 Å². The Morgan fingerprint density at radius 3 is 2.10 bits per heavy atom. The summed E-state index contributed by atoms with van der Waals surface area (Å²) in [6, 6.07) is 6.95. The molecule has 5 amide bonds. The third-order valence-electron chi connectivity index (χ3n) is 10.7. The van der Waals surface area contributed by atoms with Crippen molar-refractivity contribution in [1.29, 1.82) is 0 Å². The van der Waals surface area contributed by atoms with Gasteiger partial charge in [-0.3, -0.25) is 28.9 Å². The maximum atomic E-state index is 14.2. The lowest BCUT2D eigenvalue weighted by atomic mass is 9.84. The number of nitrogens with two attached hydrogens (primary N) is 1. The number of piperidine rings is 1. The number of hydrogen-bond donors (Lipinski definition) is 4. The summed E-state index contributed by atoms with van der Waals surface area (Å²) in [7, 11) is 0. The molecule has 0 spiro atoms. The predicted octanol–water partition coefficient (Wildman–Crippen LogP) is 3.87. The summed E-state index contributed by atoms with van der Waals surface area (Å²) >= 11 is 0. The summed E-state index contributed by atoms with van der Waals surface area (Å²) in [5, 5.41) is 8.85. The Balaban J connectivity index is 1.27. The molecule has 1 aliphatic heterocycles. The number of furan rings is 1. The van der Waals surface area contributed by atoms with Gasteiger partial charge in [0.2, 0.25) is 23.6 Å². The molecule has 1 saturated heterocycles. The molecule has 12 heteroatoms. The lowest BCUT2D eigenvalue weighted by Gasteiger charge is -2.33. The lowest BCUT2D eigenvalue weighted by molar-refractivity contribution is -0.138. The number of fused-ring (bicyclic) bond motifs is 1. The van der Waals surface area contributed by atoms with Crippen LogP contribution in [0, 0.1) is 11.8 Å². The number of carbonyl (C=O) groups is 5. The van der Waals surface area contributed by atoms with Crippen LogP contribution in [0.15, 0.2) is 34.7 Å². The number of hydrogen-bond acceptors (Lipinski definition) is 8. The van der Waals surface area contributed by atoms with Gasteiger partial charge in [0.25, 0.3) is 5.91 Å². The SMILES string of the molecule is N[C@@H](CC1CCCCC1)C(=O)NCC(=O)NCC(=O)N(C(=O)c1cc2ccccc2o1)[C@@H](CC1CCCCC1)C(=O)NCCN1CCCCC1. The normalized spacial score (nSPS) is 19.0. The smallest absolute Gasteiger partial charge is 0.297 e. The van der Waals surface area contributed by atoms with E-state index in [1.807, 2.05) is 12.1 Å². The van der Waals surface area contributed by atoms with Crippen molar-refractivity contribution in [2.24, 2.45) is 17.6 Å². The van der Waals surface area contributed by atoms with Gasteiger partial charge in [-0.15, -0.1) is 0 Å². The fourth-order valence-electron chi connectivity index (χ4n) is 7.85. The summed E-state index contributed by atoms with van der Waals surface area (Å²) in [4.78, 5) is 71.0. The van der Waals surface area contributed by atoms with Crippen molar-refractivity contribution in [3.8, 4) is 0 Å². The maximum Gasteiger partial charge on any atom is 0.297 e. The number of likely N-dealkylation sites (tertiary alicyclic amines) is 1. The van der Waals surface area contributed by atoms with Gasteiger partial charge in [0.1, 0.15) is 11.6 Å². The Bertz CT molecular complexity index is 1410. The molecule has 50 heavy (non-hydrogen) atoms. The highest BCUT2D eigenvalue weighted by Crippen LogP contribution is 2.30. The van der Waals surface area contributed by atoms with Gasteiger partial charge in [-0.1, -0.05) is 88.8 Å². The molecule has 2 saturated carbocycles. The molecule has 5 rings (SSSR count). The molecule has 3 aliphatic rings. The van der Waals surface area contributed by atoms with Crippen LogP contribution < -0.4 is 21.7 Å². The molecule has 2 aliphatic carbocycles. The van der Waals surface area contributed by atoms with Crippen LogP contribution >= 0.6 is 0 Å². The minimum absolute atomic E-state index is 0.0557. The standard InChI is InChI=1S/C38H56N6O6/c39-30(22-27-12-4-1-5-13-27)36(47)42-25-34(45)41-26-35(46)44(38(49)33-24-29-16-8-9-17-32(29)50-33)31(23-28-14-6-2-7-15-28)37(48)40-18-21-43-19-10-3-11-20-43/h8-9,16-17,24,27-28,30-31H,1-7,10-15,18-23,25-26,39H2,(H,40,48)(H,41,45)(H,42,47)/t30-,31-/m0/s1. The van der Waals surface area contributed by atoms with Gasteiger partial charge >= 0.3 is 0 Å². The largest absolute Gasteiger partial charge is 0.451 e. The van der Waals surface area contributed by atoms with Crippen molar-refractivity contribution < 1.29 is 28.4 Å². The van der Waals surface area contributed by atoms with E-state index in [4.69, 9.17) is 10.2 Å². The van der Waals surface area contributed by atoms with Crippen molar-refractivity contribution in [3.63, 3.8) is 0 Å². The summed E-state index contributed by atoms with van der Waals surface area (Å²) < 4.78 is 5.88. The van der Waals surface area contributed by atoms with E-state index in [-0.39, 0.29) is 18.2 Å². The molecule has 5 N–H and O–H groups in total. The van der Waals surface area contributed by atoms with E-state index in [0.717, 1.165) is 88.6 Å². The predicted molar refractivity (Wildman–Crippen MR) is 191 cm³/mol. The van der Waals surface area contributed by atoms with Crippen molar-refractivity contribution in [2.45, 2.75) is 108 Å². The van der Waals surface area contributed by atoms with Crippen molar-refractivity contribution in [1.82, 2.24) is 25.8 Å². The Labute approximate surface area is 295 Å². The molecule has 12 nitrogen and oxygen atoms in total. The molecule has 0 bridgehead atoms. The lowest BCUT2D eigenvalue weighted by Crippen LogP contribution is -2.56. The van der Waals surface area contributed by atoms with Crippen molar-refractivity contribution >= 4 is 40.5 Å². The number of para-hydroxylation sites is 1. The molecular weight excluding hydrogens is 636 g/mol. The van der Waals surface area contributed by atoms with Crippen LogP contribution in [0.3, 0.4) is 0 Å². The van der Waals surface area contributed by atoms with Gasteiger partial charge in [-0.2, -0.15) is 0 Å². The van der Waals surface area contributed by atoms with E-state index in [9.17, 15) is 24.0 Å². The van der Waals surface area contributed by atoms with Crippen LogP contribution in [-0.2, 0) is 19.2 Å². The molecule has 1 aromatic carbocycles. The molecule has 0 radical (unpaired) electrons. The number of amides is 5. The average Bonchev–Trinajstić information content (AvgIpc) is 3.58. The van der Waals surface area contributed by atoms with Gasteiger partial charge in [0, 0.05) is 18.5 Å². The van der Waals surface area contributed by atoms with Gasteiger partial charge in [0.05, 0.1) is 19.1 Å². The molecule has 2 aromatic rings. The van der Waals surface area contributed by atoms with Crippen LogP contribution in [0.2, 0.25) is 0 Å². The number of nitrogens with zero attached hydrogens (tertiary/aromatic N) is 2. The van der Waals surface area contributed by atoms with E-state index in [1.54, 1.807) is 18.2 Å². The monoisotopic (exact) mass is 692 g/mol. The summed E-state index contributed by atoms with van der Waals surface area (Å²) in [6.07, 6.45) is 15.0. The zero-order valence-corrected chi connectivity index (χ0v) is 29.5. The summed E-state index contributed by atoms with van der Waals surface area (Å²) in [5.74, 6) is -2.32. The minimum Gasteiger partial charge on any atom is -0.451 e. The number of rotatable bonds is 15. The van der Waals surface area contributed by atoms with E-state index in [1.165, 1.54) is 12.8 Å². The van der Waals surface area contributed by atoms with Gasteiger partial charge in [-0.05, 0) is 62.7 Å². The van der Waals surface area contributed by atoms with Crippen LogP contribution in [0.1, 0.15) is 107 Å². The number of nitrogens with one attached hydrogen (secondary N) is 3. The Morgan fingerprint density at radius 1 is 0.780 bits per heavy atom. The van der Waals surface area contributed by atoms with Crippen LogP contribution in [0.25, 0.3) is 11.0 Å². The number of benzene rings is 1. The minimum atomic E-state index is -1.08. The van der Waals surface area contributed by atoms with Crippen molar-refractivity contribution in [2.75, 3.05) is 39.3 Å². The third-order valence-corrected chi connectivity index (χ3v) is 10.7. The third kappa shape index (κ3) is 10.9. The molecule has 1 aromatic heterocycles. The fraction of sp³-hybridized carbons (Fsp3) is 0.658. The first kappa shape index (κ1) is 37.5. The first-order valence-electron chi connectivity index (χ1n) is 18.9. The van der Waals surface area contributed by atoms with Gasteiger partial charge < -0.3 is 31.0 Å².